The molecule has 0 unspecified atom stereocenters. The molecule has 2 nitrogen and oxygen atoms in total. The molecule has 0 bridgehead atoms. The Morgan fingerprint density at radius 2 is 1.72 bits per heavy atom. The first kappa shape index (κ1) is 15.4. The summed E-state index contributed by atoms with van der Waals surface area (Å²) in [5.41, 5.74) is 9.20. The number of allylic oxidation sites excluding steroid dienone is 4. The van der Waals surface area contributed by atoms with Crippen LogP contribution in [-0.4, -0.2) is 6.21 Å². The summed E-state index contributed by atoms with van der Waals surface area (Å²) < 4.78 is 0. The van der Waals surface area contributed by atoms with Crippen molar-refractivity contribution in [2.24, 2.45) is 5.10 Å². The van der Waals surface area contributed by atoms with Gasteiger partial charge in [0, 0.05) is 5.56 Å². The van der Waals surface area contributed by atoms with E-state index in [9.17, 15) is 0 Å². The number of anilines is 1. The molecule has 4 rings (SSSR count). The van der Waals surface area contributed by atoms with Crippen molar-refractivity contribution in [1.82, 2.24) is 0 Å². The van der Waals surface area contributed by atoms with Crippen LogP contribution in [0, 0.1) is 0 Å². The molecule has 0 fully saturated rings. The normalized spacial score (nSPS) is 14.0. The Kier molecular flexibility index (Phi) is 4.17. The molecule has 3 aromatic carbocycles. The van der Waals surface area contributed by atoms with Gasteiger partial charge >= 0.3 is 0 Å². The average molecular weight is 324 g/mol. The maximum absolute atomic E-state index is 4.45. The van der Waals surface area contributed by atoms with Crippen molar-refractivity contribution in [1.29, 1.82) is 0 Å². The first-order chi connectivity index (χ1) is 12.3. The molecule has 0 aromatic heterocycles. The maximum Gasteiger partial charge on any atom is 0.0568 e. The van der Waals surface area contributed by atoms with E-state index in [4.69, 9.17) is 0 Å². The third-order valence-electron chi connectivity index (χ3n) is 4.50. The second kappa shape index (κ2) is 6.78. The Bertz CT molecular complexity index is 1010. The highest BCUT2D eigenvalue weighted by Crippen LogP contribution is 2.28. The molecule has 0 saturated heterocycles. The van der Waals surface area contributed by atoms with Gasteiger partial charge in [-0.05, 0) is 47.4 Å². The molecular weight excluding hydrogens is 304 g/mol. The summed E-state index contributed by atoms with van der Waals surface area (Å²) in [6.45, 7) is 2.14. The number of hydrazone groups is 1. The van der Waals surface area contributed by atoms with E-state index < -0.39 is 0 Å². The van der Waals surface area contributed by atoms with Gasteiger partial charge in [-0.3, -0.25) is 5.43 Å². The molecule has 0 heterocycles. The largest absolute Gasteiger partial charge is 0.278 e. The molecule has 1 aliphatic rings. The standard InChI is InChI=1S/C23H20N2/c1-17-10-11-20(14-17)23-9-5-4-8-21(23)16-24-25-22-13-12-18-6-2-3-7-19(18)15-22/h2-10,12-16,25H,11H2,1H3/b24-16+. The van der Waals surface area contributed by atoms with E-state index in [-0.39, 0.29) is 0 Å². The molecule has 0 saturated carbocycles. The van der Waals surface area contributed by atoms with Crippen LogP contribution in [0.4, 0.5) is 5.69 Å². The fourth-order valence-electron chi connectivity index (χ4n) is 3.19. The third-order valence-corrected chi connectivity index (χ3v) is 4.50. The van der Waals surface area contributed by atoms with Crippen LogP contribution < -0.4 is 5.43 Å². The van der Waals surface area contributed by atoms with Crippen molar-refractivity contribution in [3.63, 3.8) is 0 Å². The van der Waals surface area contributed by atoms with E-state index in [2.05, 4.69) is 96.3 Å². The van der Waals surface area contributed by atoms with Gasteiger partial charge in [0.25, 0.3) is 0 Å². The predicted molar refractivity (Wildman–Crippen MR) is 108 cm³/mol. The highest BCUT2D eigenvalue weighted by Gasteiger charge is 2.09. The quantitative estimate of drug-likeness (QED) is 0.460. The van der Waals surface area contributed by atoms with Crippen molar-refractivity contribution < 1.29 is 0 Å². The van der Waals surface area contributed by atoms with E-state index in [1.165, 1.54) is 27.5 Å². The fourth-order valence-corrected chi connectivity index (χ4v) is 3.19. The van der Waals surface area contributed by atoms with E-state index in [1.54, 1.807) is 0 Å². The van der Waals surface area contributed by atoms with Crippen LogP contribution in [0.25, 0.3) is 16.3 Å². The second-order valence-corrected chi connectivity index (χ2v) is 6.34. The first-order valence-electron chi connectivity index (χ1n) is 8.54. The zero-order chi connectivity index (χ0) is 17.1. The van der Waals surface area contributed by atoms with Crippen LogP contribution in [0.2, 0.25) is 0 Å². The number of nitrogens with zero attached hydrogens (tertiary/aromatic N) is 1. The molecule has 25 heavy (non-hydrogen) atoms. The van der Waals surface area contributed by atoms with Gasteiger partial charge < -0.3 is 0 Å². The van der Waals surface area contributed by atoms with Gasteiger partial charge in [-0.15, -0.1) is 0 Å². The van der Waals surface area contributed by atoms with Crippen LogP contribution in [0.3, 0.4) is 0 Å². The second-order valence-electron chi connectivity index (χ2n) is 6.34. The van der Waals surface area contributed by atoms with Crippen molar-refractivity contribution in [2.75, 3.05) is 5.43 Å². The van der Waals surface area contributed by atoms with Crippen molar-refractivity contribution >= 4 is 28.2 Å². The molecule has 3 aromatic rings. The lowest BCUT2D eigenvalue weighted by molar-refractivity contribution is 1.35. The number of nitrogens with one attached hydrogen (secondary N) is 1. The predicted octanol–water partition coefficient (Wildman–Crippen LogP) is 6.02. The van der Waals surface area contributed by atoms with Crippen LogP contribution >= 0.6 is 0 Å². The molecule has 0 radical (unpaired) electrons. The summed E-state index contributed by atoms with van der Waals surface area (Å²) in [5.74, 6) is 0. The summed E-state index contributed by atoms with van der Waals surface area (Å²) >= 11 is 0. The average Bonchev–Trinajstić information content (AvgIpc) is 3.08. The zero-order valence-electron chi connectivity index (χ0n) is 14.2. The van der Waals surface area contributed by atoms with E-state index >= 15 is 0 Å². The van der Waals surface area contributed by atoms with Gasteiger partial charge in [0.15, 0.2) is 0 Å². The van der Waals surface area contributed by atoms with Crippen LogP contribution in [0.15, 0.2) is 89.6 Å². The van der Waals surface area contributed by atoms with E-state index in [0.29, 0.717) is 0 Å². The molecule has 1 N–H and O–H groups in total. The highest BCUT2D eigenvalue weighted by molar-refractivity contribution is 5.90. The molecule has 0 atom stereocenters. The minimum atomic E-state index is 0.991. The lowest BCUT2D eigenvalue weighted by Gasteiger charge is -2.07. The van der Waals surface area contributed by atoms with Gasteiger partial charge in [-0.2, -0.15) is 5.10 Å². The van der Waals surface area contributed by atoms with Gasteiger partial charge in [0.1, 0.15) is 0 Å². The Balaban J connectivity index is 1.55. The topological polar surface area (TPSA) is 24.4 Å². The smallest absolute Gasteiger partial charge is 0.0568 e. The van der Waals surface area contributed by atoms with Crippen molar-refractivity contribution in [3.8, 4) is 0 Å². The Morgan fingerprint density at radius 1 is 0.920 bits per heavy atom. The zero-order valence-corrected chi connectivity index (χ0v) is 14.2. The SMILES string of the molecule is CC1=CCC(c2ccccc2/C=N/Nc2ccc3ccccc3c2)=C1. The van der Waals surface area contributed by atoms with Gasteiger partial charge in [-0.25, -0.2) is 0 Å². The third kappa shape index (κ3) is 3.38. The maximum atomic E-state index is 4.45. The van der Waals surface area contributed by atoms with E-state index in [1.807, 2.05) is 6.21 Å². The minimum absolute atomic E-state index is 0.991. The van der Waals surface area contributed by atoms with Crippen LogP contribution in [0.5, 0.6) is 0 Å². The number of fused-ring (bicyclic) bond motifs is 1. The molecule has 2 heteroatoms. The lowest BCUT2D eigenvalue weighted by atomic mass is 9.99. The Morgan fingerprint density at radius 3 is 2.56 bits per heavy atom. The summed E-state index contributed by atoms with van der Waals surface area (Å²) in [6.07, 6.45) is 7.41. The van der Waals surface area contributed by atoms with Gasteiger partial charge in [0.05, 0.1) is 11.9 Å². The summed E-state index contributed by atoms with van der Waals surface area (Å²) in [4.78, 5) is 0. The summed E-state index contributed by atoms with van der Waals surface area (Å²) in [7, 11) is 0. The number of benzene rings is 3. The summed E-state index contributed by atoms with van der Waals surface area (Å²) in [5, 5.41) is 6.89. The number of rotatable bonds is 4. The molecule has 0 amide bonds. The highest BCUT2D eigenvalue weighted by atomic mass is 15.3. The first-order valence-corrected chi connectivity index (χ1v) is 8.54. The van der Waals surface area contributed by atoms with Crippen molar-refractivity contribution in [2.45, 2.75) is 13.3 Å². The van der Waals surface area contributed by atoms with Crippen LogP contribution in [0.1, 0.15) is 24.5 Å². The number of hydrogen-bond donors (Lipinski definition) is 1. The number of hydrogen-bond acceptors (Lipinski definition) is 2. The molecule has 122 valence electrons. The molecule has 0 aliphatic heterocycles. The summed E-state index contributed by atoms with van der Waals surface area (Å²) in [6, 6.07) is 23.0. The van der Waals surface area contributed by atoms with Gasteiger partial charge in [-0.1, -0.05) is 72.3 Å². The Labute approximate surface area is 148 Å². The minimum Gasteiger partial charge on any atom is -0.278 e. The van der Waals surface area contributed by atoms with Gasteiger partial charge in [0.2, 0.25) is 0 Å². The van der Waals surface area contributed by atoms with Crippen LogP contribution in [-0.2, 0) is 0 Å². The Hall–Kier alpha value is -3.13. The van der Waals surface area contributed by atoms with E-state index in [0.717, 1.165) is 17.7 Å². The lowest BCUT2D eigenvalue weighted by Crippen LogP contribution is -1.94. The fraction of sp³-hybridized carbons (Fsp3) is 0.0870. The molecular formula is C23H20N2. The molecule has 1 aliphatic carbocycles. The molecule has 0 spiro atoms. The van der Waals surface area contributed by atoms with Crippen molar-refractivity contribution in [3.05, 3.63) is 95.6 Å². The monoisotopic (exact) mass is 324 g/mol.